The quantitative estimate of drug-likeness (QED) is 0.545. The van der Waals surface area contributed by atoms with Crippen LogP contribution in [0.5, 0.6) is 0 Å². The molecule has 17 heavy (non-hydrogen) atoms. The minimum Gasteiger partial charge on any atom is -0.276 e. The number of aromatic amines is 1. The van der Waals surface area contributed by atoms with Crippen molar-refractivity contribution in [2.45, 2.75) is 0 Å². The number of fused-ring (bicyclic) bond motifs is 1. The molecule has 1 aromatic carbocycles. The molecule has 2 heterocycles. The molecule has 0 amide bonds. The van der Waals surface area contributed by atoms with E-state index in [1.807, 2.05) is 29.0 Å². The Bertz CT molecular complexity index is 678. The molecule has 0 bridgehead atoms. The molecule has 0 spiro atoms. The van der Waals surface area contributed by atoms with Crippen LogP contribution in [0.1, 0.15) is 0 Å². The van der Waals surface area contributed by atoms with Gasteiger partial charge in [0.15, 0.2) is 0 Å². The highest BCUT2D eigenvalue weighted by molar-refractivity contribution is 14.2. The summed E-state index contributed by atoms with van der Waals surface area (Å²) < 4.78 is 1.91. The monoisotopic (exact) mass is 376 g/mol. The SMILES string of the molecule is Clc1ccc(-c2cnn(PI)c2)c2cn[nH]c12. The normalized spacial score (nSPS) is 11.9. The zero-order chi connectivity index (χ0) is 11.8. The van der Waals surface area contributed by atoms with Crippen LogP contribution in [0.3, 0.4) is 0 Å². The number of nitrogens with one attached hydrogen (secondary N) is 1. The predicted octanol–water partition coefficient (Wildman–Crippen LogP) is 3.87. The maximum Gasteiger partial charge on any atom is 0.0842 e. The van der Waals surface area contributed by atoms with E-state index >= 15 is 0 Å². The number of H-pyrrole nitrogens is 1. The van der Waals surface area contributed by atoms with Gasteiger partial charge in [0, 0.05) is 17.1 Å². The van der Waals surface area contributed by atoms with Crippen LogP contribution < -0.4 is 0 Å². The number of nitrogens with zero attached hydrogens (tertiary/aromatic N) is 3. The third kappa shape index (κ3) is 1.96. The lowest BCUT2D eigenvalue weighted by molar-refractivity contribution is 1.01. The summed E-state index contributed by atoms with van der Waals surface area (Å²) in [4.78, 5) is 0. The molecule has 4 nitrogen and oxygen atoms in total. The molecule has 3 aromatic rings. The Morgan fingerprint density at radius 1 is 1.35 bits per heavy atom. The number of hydrogen-bond acceptors (Lipinski definition) is 2. The van der Waals surface area contributed by atoms with Gasteiger partial charge in [0.05, 0.1) is 29.3 Å². The van der Waals surface area contributed by atoms with E-state index in [-0.39, 0.29) is 0 Å². The Morgan fingerprint density at radius 3 is 3.00 bits per heavy atom. The predicted molar refractivity (Wildman–Crippen MR) is 80.1 cm³/mol. The summed E-state index contributed by atoms with van der Waals surface area (Å²) in [6.45, 7) is 0. The number of hydrogen-bond donors (Lipinski definition) is 1. The van der Waals surface area contributed by atoms with Crippen molar-refractivity contribution in [2.75, 3.05) is 0 Å². The fraction of sp³-hybridized carbons (Fsp3) is 0. The molecule has 3 rings (SSSR count). The largest absolute Gasteiger partial charge is 0.276 e. The maximum atomic E-state index is 6.10. The van der Waals surface area contributed by atoms with Crippen molar-refractivity contribution >= 4 is 50.9 Å². The van der Waals surface area contributed by atoms with Crippen molar-refractivity contribution in [3.8, 4) is 11.1 Å². The van der Waals surface area contributed by atoms with Crippen molar-refractivity contribution in [3.63, 3.8) is 0 Å². The summed E-state index contributed by atoms with van der Waals surface area (Å²) in [7, 11) is 0. The fourth-order valence-electron chi connectivity index (χ4n) is 1.76. The summed E-state index contributed by atoms with van der Waals surface area (Å²) >= 11 is 8.40. The smallest absolute Gasteiger partial charge is 0.0842 e. The van der Waals surface area contributed by atoms with Gasteiger partial charge in [-0.25, -0.2) is 4.45 Å². The van der Waals surface area contributed by atoms with Crippen molar-refractivity contribution in [3.05, 3.63) is 35.7 Å². The van der Waals surface area contributed by atoms with Gasteiger partial charge in [-0.3, -0.25) is 5.10 Å². The maximum absolute atomic E-state index is 6.10. The third-order valence-corrected chi connectivity index (χ3v) is 4.76. The second-order valence-corrected chi connectivity index (χ2v) is 5.99. The summed E-state index contributed by atoms with van der Waals surface area (Å²) in [5.41, 5.74) is 3.05. The lowest BCUT2D eigenvalue weighted by Crippen LogP contribution is -1.78. The Balaban J connectivity index is 2.23. The molecule has 0 aliphatic heterocycles. The summed E-state index contributed by atoms with van der Waals surface area (Å²) in [5, 5.41) is 12.9. The molecular weight excluding hydrogens is 369 g/mol. The number of aromatic nitrogens is 4. The minimum atomic E-state index is 0.604. The molecule has 7 heteroatoms. The first-order valence-electron chi connectivity index (χ1n) is 4.83. The molecule has 0 saturated heterocycles. The molecule has 86 valence electrons. The second-order valence-electron chi connectivity index (χ2n) is 3.51. The molecular formula is C10H7ClIN4P. The Morgan fingerprint density at radius 2 is 2.24 bits per heavy atom. The molecule has 2 aromatic heterocycles. The molecule has 0 aliphatic carbocycles. The van der Waals surface area contributed by atoms with E-state index in [1.165, 1.54) is 0 Å². The fourth-order valence-corrected chi connectivity index (χ4v) is 3.05. The lowest BCUT2D eigenvalue weighted by Gasteiger charge is -2.00. The van der Waals surface area contributed by atoms with Crippen molar-refractivity contribution in [1.82, 2.24) is 19.7 Å². The number of rotatable bonds is 2. The second kappa shape index (κ2) is 4.55. The first-order chi connectivity index (χ1) is 8.29. The zero-order valence-corrected chi connectivity index (χ0v) is 12.4. The average Bonchev–Trinajstić information content (AvgIpc) is 2.98. The zero-order valence-electron chi connectivity index (χ0n) is 8.48. The molecule has 0 aliphatic rings. The molecule has 0 fully saturated rings. The van der Waals surface area contributed by atoms with Crippen LogP contribution in [0.15, 0.2) is 30.7 Å². The summed E-state index contributed by atoms with van der Waals surface area (Å²) in [6, 6.07) is 3.87. The first-order valence-corrected chi connectivity index (χ1v) is 9.27. The van der Waals surface area contributed by atoms with Crippen LogP contribution >= 0.6 is 40.0 Å². The van der Waals surface area contributed by atoms with Gasteiger partial charge in [-0.1, -0.05) is 17.7 Å². The summed E-state index contributed by atoms with van der Waals surface area (Å²) in [6.07, 6.45) is 6.29. The standard InChI is InChI=1S/C10H7ClIN4P/c11-9-2-1-7(8-4-13-15-10(8)9)6-3-14-16(5-6)17-12/h1-5,17H,(H,13,15). The van der Waals surface area contributed by atoms with E-state index in [0.717, 1.165) is 22.0 Å². The van der Waals surface area contributed by atoms with Gasteiger partial charge >= 0.3 is 0 Å². The van der Waals surface area contributed by atoms with E-state index in [2.05, 4.69) is 37.3 Å². The molecule has 1 N–H and O–H groups in total. The van der Waals surface area contributed by atoms with Crippen molar-refractivity contribution in [2.24, 2.45) is 0 Å². The number of halogens is 2. The van der Waals surface area contributed by atoms with Crippen LogP contribution in [-0.2, 0) is 0 Å². The van der Waals surface area contributed by atoms with Crippen LogP contribution in [0.25, 0.3) is 22.0 Å². The first kappa shape index (κ1) is 11.4. The third-order valence-electron chi connectivity index (χ3n) is 2.54. The van der Waals surface area contributed by atoms with E-state index in [1.54, 1.807) is 6.20 Å². The Hall–Kier alpha value is -0.650. The topological polar surface area (TPSA) is 46.5 Å². The van der Waals surface area contributed by atoms with Crippen LogP contribution in [0.4, 0.5) is 0 Å². The summed E-state index contributed by atoms with van der Waals surface area (Å²) in [5.74, 6) is 0. The van der Waals surface area contributed by atoms with E-state index in [0.29, 0.717) is 11.4 Å². The van der Waals surface area contributed by atoms with E-state index in [9.17, 15) is 0 Å². The molecule has 1 unspecified atom stereocenters. The number of benzene rings is 1. The molecule has 1 atom stereocenters. The van der Waals surface area contributed by atoms with Crippen LogP contribution in [0.2, 0.25) is 5.02 Å². The van der Waals surface area contributed by atoms with Gasteiger partial charge < -0.3 is 0 Å². The van der Waals surface area contributed by atoms with Gasteiger partial charge in [-0.2, -0.15) is 10.2 Å². The van der Waals surface area contributed by atoms with E-state index in [4.69, 9.17) is 11.6 Å². The molecule has 0 radical (unpaired) electrons. The Kier molecular flexibility index (Phi) is 3.06. The van der Waals surface area contributed by atoms with Gasteiger partial charge in [0.2, 0.25) is 0 Å². The average molecular weight is 377 g/mol. The van der Waals surface area contributed by atoms with Crippen molar-refractivity contribution in [1.29, 1.82) is 0 Å². The van der Waals surface area contributed by atoms with Gasteiger partial charge in [-0.05, 0) is 33.7 Å². The lowest BCUT2D eigenvalue weighted by atomic mass is 10.1. The van der Waals surface area contributed by atoms with Gasteiger partial charge in [-0.15, -0.1) is 0 Å². The van der Waals surface area contributed by atoms with Crippen molar-refractivity contribution < 1.29 is 0 Å². The van der Waals surface area contributed by atoms with Crippen LogP contribution in [0, 0.1) is 0 Å². The molecule has 0 saturated carbocycles. The van der Waals surface area contributed by atoms with Gasteiger partial charge in [0.1, 0.15) is 0 Å². The highest BCUT2D eigenvalue weighted by Gasteiger charge is 2.09. The highest BCUT2D eigenvalue weighted by atomic mass is 127. The van der Waals surface area contributed by atoms with Gasteiger partial charge in [0.25, 0.3) is 0 Å². The van der Waals surface area contributed by atoms with E-state index < -0.39 is 0 Å². The highest BCUT2D eigenvalue weighted by Crippen LogP contribution is 2.33. The minimum absolute atomic E-state index is 0.604. The Labute approximate surface area is 117 Å². The van der Waals surface area contributed by atoms with Crippen LogP contribution in [-0.4, -0.2) is 19.7 Å².